The Labute approximate surface area is 269 Å². The predicted octanol–water partition coefficient (Wildman–Crippen LogP) is 6.71. The van der Waals surface area contributed by atoms with E-state index in [1.165, 1.54) is 12.1 Å². The van der Waals surface area contributed by atoms with Gasteiger partial charge in [0.1, 0.15) is 18.6 Å². The van der Waals surface area contributed by atoms with Crippen LogP contribution in [0.4, 0.5) is 28.5 Å². The van der Waals surface area contributed by atoms with Gasteiger partial charge in [0.15, 0.2) is 5.13 Å². The van der Waals surface area contributed by atoms with Gasteiger partial charge in [-0.15, -0.1) is 0 Å². The summed E-state index contributed by atoms with van der Waals surface area (Å²) in [5, 5.41) is 4.02. The Morgan fingerprint density at radius 3 is 2.62 bits per heavy atom. The number of hydrogen-bond donors (Lipinski definition) is 2. The molecule has 6 heterocycles. The molecule has 4 fully saturated rings. The molecular formula is C30H29Cl2F4N7OS. The molecule has 2 unspecified atom stereocenters. The molecule has 2 aromatic heterocycles. The number of alkyl halides is 4. The van der Waals surface area contributed by atoms with Crippen molar-refractivity contribution in [2.45, 2.75) is 62.1 Å². The highest BCUT2D eigenvalue weighted by Gasteiger charge is 2.49. The second kappa shape index (κ2) is 10.7. The van der Waals surface area contributed by atoms with Crippen LogP contribution in [0.15, 0.2) is 18.2 Å². The maximum absolute atomic E-state index is 14.9. The van der Waals surface area contributed by atoms with Crippen molar-refractivity contribution in [2.75, 3.05) is 43.4 Å². The molecule has 2 bridgehead atoms. The van der Waals surface area contributed by atoms with Crippen molar-refractivity contribution in [1.82, 2.24) is 25.2 Å². The number of benzene rings is 2. The average molecular weight is 683 g/mol. The summed E-state index contributed by atoms with van der Waals surface area (Å²) in [6.45, 7) is 2.47. The summed E-state index contributed by atoms with van der Waals surface area (Å²) in [7, 11) is 0. The van der Waals surface area contributed by atoms with Gasteiger partial charge in [0.05, 0.1) is 36.9 Å². The number of anilines is 2. The molecule has 4 aliphatic heterocycles. The first-order valence-corrected chi connectivity index (χ1v) is 16.6. The normalized spacial score (nSPS) is 26.8. The Kier molecular flexibility index (Phi) is 7.03. The molecule has 3 N–H and O–H groups in total. The molecular weight excluding hydrogens is 653 g/mol. The van der Waals surface area contributed by atoms with E-state index in [1.807, 2.05) is 4.90 Å². The second-order valence-corrected chi connectivity index (χ2v) is 14.4. The summed E-state index contributed by atoms with van der Waals surface area (Å²) in [5.74, 6) is 0.335. The summed E-state index contributed by atoms with van der Waals surface area (Å²) in [6.07, 6.45) is -1.68. The first-order valence-electron chi connectivity index (χ1n) is 15.0. The SMILES string of the molecule is Nc1nc2c(-c3c(C(F)(F)F)cc4c(N5CC6CCC(C5)N6)nc(OC[C@@]56CCCN5C[C@H](F)C6)nc4c3Cl)ccc(Cl)c2s1. The van der Waals surface area contributed by atoms with Gasteiger partial charge in [-0.2, -0.15) is 23.1 Å². The molecule has 8 nitrogen and oxygen atoms in total. The Morgan fingerprint density at radius 2 is 1.87 bits per heavy atom. The highest BCUT2D eigenvalue weighted by atomic mass is 35.5. The topological polar surface area (TPSA) is 92.4 Å². The fourth-order valence-electron chi connectivity index (χ4n) is 7.79. The third-order valence-electron chi connectivity index (χ3n) is 9.72. The van der Waals surface area contributed by atoms with E-state index in [9.17, 15) is 17.6 Å². The number of nitrogens with one attached hydrogen (secondary N) is 1. The number of hydrogen-bond acceptors (Lipinski definition) is 9. The van der Waals surface area contributed by atoms with Gasteiger partial charge in [0.2, 0.25) is 0 Å². The highest BCUT2D eigenvalue weighted by molar-refractivity contribution is 7.22. The number of aromatic nitrogens is 3. The Balaban J connectivity index is 1.32. The van der Waals surface area contributed by atoms with Gasteiger partial charge in [0.25, 0.3) is 0 Å². The van der Waals surface area contributed by atoms with E-state index >= 15 is 0 Å². The molecule has 45 heavy (non-hydrogen) atoms. The van der Waals surface area contributed by atoms with Crippen LogP contribution in [0.5, 0.6) is 6.01 Å². The number of thiazole rings is 1. The van der Waals surface area contributed by atoms with Gasteiger partial charge < -0.3 is 20.7 Å². The van der Waals surface area contributed by atoms with Gasteiger partial charge in [-0.1, -0.05) is 40.6 Å². The lowest BCUT2D eigenvalue weighted by atomic mass is 9.95. The zero-order chi connectivity index (χ0) is 31.2. The Hall–Kier alpha value is -2.71. The fourth-order valence-corrected chi connectivity index (χ4v) is 9.17. The van der Waals surface area contributed by atoms with Crippen molar-refractivity contribution in [2.24, 2.45) is 0 Å². The van der Waals surface area contributed by atoms with Crippen LogP contribution in [0, 0.1) is 0 Å². The zero-order valence-corrected chi connectivity index (χ0v) is 26.3. The van der Waals surface area contributed by atoms with Crippen molar-refractivity contribution < 1.29 is 22.3 Å². The van der Waals surface area contributed by atoms with Crippen molar-refractivity contribution >= 4 is 66.6 Å². The molecule has 4 aromatic rings. The van der Waals surface area contributed by atoms with E-state index in [1.54, 1.807) is 0 Å². The summed E-state index contributed by atoms with van der Waals surface area (Å²) >= 11 is 14.5. The van der Waals surface area contributed by atoms with Crippen LogP contribution >= 0.6 is 34.5 Å². The van der Waals surface area contributed by atoms with Crippen LogP contribution in [0.2, 0.25) is 10.0 Å². The Bertz CT molecular complexity index is 1830. The number of piperazine rings is 1. The molecule has 4 aliphatic rings. The number of rotatable bonds is 5. The van der Waals surface area contributed by atoms with Crippen LogP contribution < -0.4 is 20.7 Å². The molecule has 0 spiro atoms. The Morgan fingerprint density at radius 1 is 1.09 bits per heavy atom. The van der Waals surface area contributed by atoms with Gasteiger partial charge in [0, 0.05) is 54.7 Å². The maximum atomic E-state index is 14.9. The van der Waals surface area contributed by atoms with E-state index in [-0.39, 0.29) is 62.4 Å². The van der Waals surface area contributed by atoms with Crippen LogP contribution in [0.1, 0.15) is 37.7 Å². The van der Waals surface area contributed by atoms with Gasteiger partial charge >= 0.3 is 12.2 Å². The molecule has 15 heteroatoms. The number of halogens is 6. The predicted molar refractivity (Wildman–Crippen MR) is 168 cm³/mol. The van der Waals surface area contributed by atoms with Gasteiger partial charge in [-0.05, 0) is 44.4 Å². The van der Waals surface area contributed by atoms with Crippen molar-refractivity contribution in [3.05, 3.63) is 33.8 Å². The highest BCUT2D eigenvalue weighted by Crippen LogP contribution is 2.49. The van der Waals surface area contributed by atoms with Crippen LogP contribution in [0.25, 0.3) is 32.2 Å². The van der Waals surface area contributed by atoms with Crippen LogP contribution in [-0.2, 0) is 6.18 Å². The first kappa shape index (κ1) is 29.7. The molecule has 0 radical (unpaired) electrons. The lowest BCUT2D eigenvalue weighted by Gasteiger charge is -2.35. The summed E-state index contributed by atoms with van der Waals surface area (Å²) in [4.78, 5) is 17.8. The fraction of sp³-hybridized carbons (Fsp3) is 0.500. The molecule has 0 amide bonds. The second-order valence-electron chi connectivity index (χ2n) is 12.6. The maximum Gasteiger partial charge on any atom is 0.417 e. The van der Waals surface area contributed by atoms with E-state index in [0.717, 1.165) is 49.6 Å². The molecule has 4 saturated heterocycles. The number of nitrogens with zero attached hydrogens (tertiary/aromatic N) is 5. The number of fused-ring (bicyclic) bond motifs is 5. The standard InChI is InChI=1S/C30H29Cl2F4N7OS/c31-20-5-4-17(24-25(20)45-27(37)39-24)21-19(30(34,35)36)8-18-23(22(21)32)40-28(41-26(18)42-11-15-2-3-16(12-42)38-15)44-13-29-6-1-7-43(29)10-14(33)9-29/h4-5,8,14-16,38H,1-3,6-7,9-13H2,(H2,37,39)/t14-,15?,16?,29+/m1/s1. The molecule has 4 atom stereocenters. The molecule has 8 rings (SSSR count). The third-order valence-corrected chi connectivity index (χ3v) is 11.4. The number of nitrogens with two attached hydrogens (primary N) is 1. The van der Waals surface area contributed by atoms with Crippen molar-refractivity contribution in [3.8, 4) is 17.1 Å². The largest absolute Gasteiger partial charge is 0.461 e. The summed E-state index contributed by atoms with van der Waals surface area (Å²) in [6, 6.07) is 4.45. The third kappa shape index (κ3) is 4.97. The number of nitrogen functional groups attached to an aromatic ring is 1. The smallest absolute Gasteiger partial charge is 0.417 e. The molecule has 0 aliphatic carbocycles. The van der Waals surface area contributed by atoms with Crippen LogP contribution in [-0.4, -0.2) is 76.4 Å². The molecule has 238 valence electrons. The monoisotopic (exact) mass is 681 g/mol. The quantitative estimate of drug-likeness (QED) is 0.225. The number of ether oxygens (including phenoxy) is 1. The van der Waals surface area contributed by atoms with Crippen molar-refractivity contribution in [3.63, 3.8) is 0 Å². The van der Waals surface area contributed by atoms with E-state index < -0.39 is 23.5 Å². The van der Waals surface area contributed by atoms with Gasteiger partial charge in [-0.25, -0.2) is 9.37 Å². The minimum absolute atomic E-state index is 0.00122. The van der Waals surface area contributed by atoms with Crippen LogP contribution in [0.3, 0.4) is 0 Å². The average Bonchev–Trinajstić information content (AvgIpc) is 3.73. The first-order chi connectivity index (χ1) is 21.5. The van der Waals surface area contributed by atoms with E-state index in [2.05, 4.69) is 20.2 Å². The van der Waals surface area contributed by atoms with E-state index in [4.69, 9.17) is 38.7 Å². The van der Waals surface area contributed by atoms with Crippen molar-refractivity contribution in [1.29, 1.82) is 0 Å². The lowest BCUT2D eigenvalue weighted by Crippen LogP contribution is -2.51. The minimum atomic E-state index is -4.77. The van der Waals surface area contributed by atoms with Gasteiger partial charge in [-0.3, -0.25) is 4.90 Å². The molecule has 0 saturated carbocycles. The summed E-state index contributed by atoms with van der Waals surface area (Å²) in [5.41, 5.74) is 4.80. The lowest BCUT2D eigenvalue weighted by molar-refractivity contribution is -0.137. The van der Waals surface area contributed by atoms with E-state index in [0.29, 0.717) is 41.6 Å². The zero-order valence-electron chi connectivity index (χ0n) is 23.9. The molecule has 2 aromatic carbocycles. The summed E-state index contributed by atoms with van der Waals surface area (Å²) < 4.78 is 65.9. The minimum Gasteiger partial charge on any atom is -0.461 e.